The molecule has 0 amide bonds. The number of rotatable bonds is 1. The maximum atomic E-state index is 13.2. The van der Waals surface area contributed by atoms with Gasteiger partial charge >= 0.3 is 0 Å². The SMILES string of the molecule is CCN1c2cc(F)c(F)cc2NCC1(C)C. The lowest BCUT2D eigenvalue weighted by atomic mass is 9.97. The summed E-state index contributed by atoms with van der Waals surface area (Å²) < 4.78 is 26.3. The summed E-state index contributed by atoms with van der Waals surface area (Å²) in [5, 5.41) is 3.14. The van der Waals surface area contributed by atoms with Crippen molar-refractivity contribution in [2.75, 3.05) is 23.3 Å². The molecule has 0 aromatic heterocycles. The van der Waals surface area contributed by atoms with E-state index in [4.69, 9.17) is 0 Å². The topological polar surface area (TPSA) is 15.3 Å². The van der Waals surface area contributed by atoms with Crippen molar-refractivity contribution < 1.29 is 8.78 Å². The van der Waals surface area contributed by atoms with Crippen LogP contribution in [0.3, 0.4) is 0 Å². The first-order valence-electron chi connectivity index (χ1n) is 5.46. The van der Waals surface area contributed by atoms with E-state index in [1.54, 1.807) is 0 Å². The van der Waals surface area contributed by atoms with Gasteiger partial charge in [0, 0.05) is 25.2 Å². The number of anilines is 2. The zero-order chi connectivity index (χ0) is 11.9. The Morgan fingerprint density at radius 1 is 1.31 bits per heavy atom. The van der Waals surface area contributed by atoms with Crippen LogP contribution in [-0.2, 0) is 0 Å². The number of likely N-dealkylation sites (N-methyl/N-ethyl adjacent to an activating group) is 1. The molecule has 1 aromatic carbocycles. The lowest BCUT2D eigenvalue weighted by Gasteiger charge is -2.45. The van der Waals surface area contributed by atoms with Gasteiger partial charge in [0.25, 0.3) is 0 Å². The Morgan fingerprint density at radius 3 is 2.56 bits per heavy atom. The zero-order valence-electron chi connectivity index (χ0n) is 9.77. The van der Waals surface area contributed by atoms with Crippen LogP contribution >= 0.6 is 0 Å². The van der Waals surface area contributed by atoms with Crippen molar-refractivity contribution >= 4 is 11.4 Å². The minimum absolute atomic E-state index is 0.0913. The monoisotopic (exact) mass is 226 g/mol. The van der Waals surface area contributed by atoms with Gasteiger partial charge in [-0.15, -0.1) is 0 Å². The van der Waals surface area contributed by atoms with E-state index in [-0.39, 0.29) is 5.54 Å². The summed E-state index contributed by atoms with van der Waals surface area (Å²) in [5.74, 6) is -1.60. The molecule has 1 aliphatic heterocycles. The highest BCUT2D eigenvalue weighted by Crippen LogP contribution is 2.37. The van der Waals surface area contributed by atoms with Gasteiger partial charge in [-0.2, -0.15) is 0 Å². The van der Waals surface area contributed by atoms with Crippen LogP contribution in [0.5, 0.6) is 0 Å². The van der Waals surface area contributed by atoms with Crippen LogP contribution in [0.1, 0.15) is 20.8 Å². The highest BCUT2D eigenvalue weighted by Gasteiger charge is 2.32. The number of halogens is 2. The van der Waals surface area contributed by atoms with Gasteiger partial charge < -0.3 is 10.2 Å². The number of benzene rings is 1. The van der Waals surface area contributed by atoms with Crippen molar-refractivity contribution in [3.8, 4) is 0 Å². The smallest absolute Gasteiger partial charge is 0.161 e. The van der Waals surface area contributed by atoms with E-state index < -0.39 is 11.6 Å². The molecule has 0 unspecified atom stereocenters. The Bertz CT molecular complexity index is 416. The molecule has 0 atom stereocenters. The standard InChI is InChI=1S/C12H16F2N2/c1-4-16-11-6-9(14)8(13)5-10(11)15-7-12(16,2)3/h5-6,15H,4,7H2,1-3H3. The second kappa shape index (κ2) is 3.61. The number of nitrogens with zero attached hydrogens (tertiary/aromatic N) is 1. The summed E-state index contributed by atoms with van der Waals surface area (Å²) >= 11 is 0. The van der Waals surface area contributed by atoms with Crippen molar-refractivity contribution in [2.45, 2.75) is 26.3 Å². The molecule has 4 heteroatoms. The molecule has 2 rings (SSSR count). The lowest BCUT2D eigenvalue weighted by Crippen LogP contribution is -2.52. The molecule has 88 valence electrons. The Labute approximate surface area is 94.3 Å². The number of hydrogen-bond acceptors (Lipinski definition) is 2. The summed E-state index contributed by atoms with van der Waals surface area (Å²) in [7, 11) is 0. The Kier molecular flexibility index (Phi) is 2.52. The third-order valence-corrected chi connectivity index (χ3v) is 3.09. The van der Waals surface area contributed by atoms with E-state index >= 15 is 0 Å². The molecule has 0 spiro atoms. The molecule has 0 fully saturated rings. The first kappa shape index (κ1) is 11.2. The van der Waals surface area contributed by atoms with E-state index in [2.05, 4.69) is 24.1 Å². The molecule has 2 nitrogen and oxygen atoms in total. The van der Waals surface area contributed by atoms with Crippen molar-refractivity contribution in [1.29, 1.82) is 0 Å². The molecule has 0 bridgehead atoms. The molecule has 0 saturated heterocycles. The maximum absolute atomic E-state index is 13.2. The van der Waals surface area contributed by atoms with Crippen LogP contribution in [-0.4, -0.2) is 18.6 Å². The van der Waals surface area contributed by atoms with Gasteiger partial charge in [0.2, 0.25) is 0 Å². The summed E-state index contributed by atoms with van der Waals surface area (Å²) in [4.78, 5) is 2.08. The quantitative estimate of drug-likeness (QED) is 0.792. The van der Waals surface area contributed by atoms with E-state index in [1.807, 2.05) is 6.92 Å². The van der Waals surface area contributed by atoms with Crippen molar-refractivity contribution in [1.82, 2.24) is 0 Å². The summed E-state index contributed by atoms with van der Waals surface area (Å²) in [6.45, 7) is 7.66. The van der Waals surface area contributed by atoms with Gasteiger partial charge in [-0.05, 0) is 20.8 Å². The van der Waals surface area contributed by atoms with Crippen molar-refractivity contribution in [2.24, 2.45) is 0 Å². The highest BCUT2D eigenvalue weighted by atomic mass is 19.2. The number of hydrogen-bond donors (Lipinski definition) is 1. The minimum Gasteiger partial charge on any atom is -0.381 e. The summed E-state index contributed by atoms with van der Waals surface area (Å²) in [5.41, 5.74) is 1.31. The molecule has 1 aromatic rings. The first-order valence-corrected chi connectivity index (χ1v) is 5.46. The second-order valence-corrected chi connectivity index (χ2v) is 4.69. The van der Waals surface area contributed by atoms with Gasteiger partial charge in [0.15, 0.2) is 11.6 Å². The average molecular weight is 226 g/mol. The third kappa shape index (κ3) is 1.62. The Morgan fingerprint density at radius 2 is 1.94 bits per heavy atom. The molecule has 0 aliphatic carbocycles. The Hall–Kier alpha value is -1.32. The zero-order valence-corrected chi connectivity index (χ0v) is 9.77. The number of fused-ring (bicyclic) bond motifs is 1. The lowest BCUT2D eigenvalue weighted by molar-refractivity contribution is 0.471. The van der Waals surface area contributed by atoms with Gasteiger partial charge in [0.1, 0.15) is 0 Å². The van der Waals surface area contributed by atoms with Crippen molar-refractivity contribution in [3.63, 3.8) is 0 Å². The van der Waals surface area contributed by atoms with E-state index in [0.717, 1.165) is 18.8 Å². The summed E-state index contributed by atoms with van der Waals surface area (Å²) in [6, 6.07) is 2.49. The van der Waals surface area contributed by atoms with Crippen LogP contribution in [0.25, 0.3) is 0 Å². The molecule has 16 heavy (non-hydrogen) atoms. The van der Waals surface area contributed by atoms with Gasteiger partial charge in [-0.3, -0.25) is 0 Å². The molecular weight excluding hydrogens is 210 g/mol. The van der Waals surface area contributed by atoms with E-state index in [1.165, 1.54) is 12.1 Å². The minimum atomic E-state index is -0.804. The van der Waals surface area contributed by atoms with Gasteiger partial charge in [-0.25, -0.2) is 8.78 Å². The average Bonchev–Trinajstić information content (AvgIpc) is 2.20. The van der Waals surface area contributed by atoms with E-state index in [0.29, 0.717) is 5.69 Å². The van der Waals surface area contributed by atoms with E-state index in [9.17, 15) is 8.78 Å². The maximum Gasteiger partial charge on any atom is 0.161 e. The molecule has 1 aliphatic rings. The van der Waals surface area contributed by atoms with Crippen LogP contribution in [0, 0.1) is 11.6 Å². The molecule has 0 radical (unpaired) electrons. The molecular formula is C12H16F2N2. The largest absolute Gasteiger partial charge is 0.381 e. The van der Waals surface area contributed by atoms with Crippen LogP contribution in [0.2, 0.25) is 0 Å². The highest BCUT2D eigenvalue weighted by molar-refractivity contribution is 5.73. The fourth-order valence-electron chi connectivity index (χ4n) is 2.23. The second-order valence-electron chi connectivity index (χ2n) is 4.69. The van der Waals surface area contributed by atoms with Gasteiger partial charge in [-0.1, -0.05) is 0 Å². The van der Waals surface area contributed by atoms with Crippen LogP contribution < -0.4 is 10.2 Å². The van der Waals surface area contributed by atoms with Crippen molar-refractivity contribution in [3.05, 3.63) is 23.8 Å². The third-order valence-electron chi connectivity index (χ3n) is 3.09. The van der Waals surface area contributed by atoms with Gasteiger partial charge in [0.05, 0.1) is 16.9 Å². The predicted octanol–water partition coefficient (Wildman–Crippen LogP) is 3.00. The van der Waals surface area contributed by atoms with Crippen LogP contribution in [0.15, 0.2) is 12.1 Å². The Balaban J connectivity index is 2.53. The van der Waals surface area contributed by atoms with Crippen LogP contribution in [0.4, 0.5) is 20.2 Å². The fraction of sp³-hybridized carbons (Fsp3) is 0.500. The fourth-order valence-corrected chi connectivity index (χ4v) is 2.23. The molecule has 1 N–H and O–H groups in total. The molecule has 1 heterocycles. The predicted molar refractivity (Wildman–Crippen MR) is 61.9 cm³/mol. The first-order chi connectivity index (χ1) is 7.45. The normalized spacial score (nSPS) is 17.9. The number of nitrogens with one attached hydrogen (secondary N) is 1. The molecule has 0 saturated carbocycles. The summed E-state index contributed by atoms with van der Waals surface area (Å²) in [6.07, 6.45) is 0.